The van der Waals surface area contributed by atoms with Gasteiger partial charge < -0.3 is 4.57 Å². The van der Waals surface area contributed by atoms with E-state index in [0.29, 0.717) is 15.7 Å². The third kappa shape index (κ3) is 3.94. The molecule has 0 amide bonds. The lowest BCUT2D eigenvalue weighted by Gasteiger charge is -2.10. The maximum absolute atomic E-state index is 12.6. The van der Waals surface area contributed by atoms with Crippen LogP contribution < -0.4 is 0 Å². The van der Waals surface area contributed by atoms with Crippen LogP contribution in [0.1, 0.15) is 22.8 Å². The van der Waals surface area contributed by atoms with E-state index >= 15 is 0 Å². The van der Waals surface area contributed by atoms with Gasteiger partial charge in [-0.15, -0.1) is 10.2 Å². The molecule has 3 rings (SSSR count). The Balaban J connectivity index is 1.80. The predicted octanol–water partition coefficient (Wildman–Crippen LogP) is 4.81. The number of aromatic nitrogens is 3. The van der Waals surface area contributed by atoms with Crippen molar-refractivity contribution in [3.8, 4) is 11.4 Å². The summed E-state index contributed by atoms with van der Waals surface area (Å²) in [6.07, 6.45) is 0. The van der Waals surface area contributed by atoms with Crippen molar-refractivity contribution in [1.29, 1.82) is 0 Å². The minimum Gasteiger partial charge on any atom is -0.305 e. The minimum absolute atomic E-state index is 0.0209. The van der Waals surface area contributed by atoms with Crippen LogP contribution in [-0.2, 0) is 7.05 Å². The summed E-state index contributed by atoms with van der Waals surface area (Å²) in [7, 11) is 1.91. The van der Waals surface area contributed by atoms with Crippen molar-refractivity contribution in [2.24, 2.45) is 7.05 Å². The molecule has 1 unspecified atom stereocenters. The second-order valence-electron chi connectivity index (χ2n) is 5.87. The second kappa shape index (κ2) is 7.42. The molecule has 25 heavy (non-hydrogen) atoms. The van der Waals surface area contributed by atoms with Crippen LogP contribution in [0, 0.1) is 6.92 Å². The van der Waals surface area contributed by atoms with Crippen molar-refractivity contribution >= 4 is 29.1 Å². The summed E-state index contributed by atoms with van der Waals surface area (Å²) in [5.74, 6) is 0.807. The summed E-state index contributed by atoms with van der Waals surface area (Å²) in [6.45, 7) is 3.91. The minimum atomic E-state index is -0.285. The van der Waals surface area contributed by atoms with E-state index in [1.54, 1.807) is 24.3 Å². The normalized spacial score (nSPS) is 12.2. The summed E-state index contributed by atoms with van der Waals surface area (Å²) in [4.78, 5) is 12.6. The molecule has 4 nitrogen and oxygen atoms in total. The Morgan fingerprint density at radius 3 is 2.64 bits per heavy atom. The Kier molecular flexibility index (Phi) is 5.25. The summed E-state index contributed by atoms with van der Waals surface area (Å²) < 4.78 is 1.92. The summed E-state index contributed by atoms with van der Waals surface area (Å²) in [6, 6.07) is 15.1. The molecule has 1 heterocycles. The number of hydrogen-bond acceptors (Lipinski definition) is 4. The first-order valence-electron chi connectivity index (χ1n) is 7.88. The second-order valence-corrected chi connectivity index (χ2v) is 7.61. The van der Waals surface area contributed by atoms with Gasteiger partial charge in [-0.2, -0.15) is 0 Å². The van der Waals surface area contributed by atoms with Gasteiger partial charge in [0.25, 0.3) is 0 Å². The maximum atomic E-state index is 12.6. The van der Waals surface area contributed by atoms with Crippen LogP contribution in [0.2, 0.25) is 5.02 Å². The molecule has 128 valence electrons. The fraction of sp³-hybridized carbons (Fsp3) is 0.211. The smallest absolute Gasteiger partial charge is 0.191 e. The average molecular weight is 372 g/mol. The van der Waals surface area contributed by atoms with Crippen LogP contribution in [0.3, 0.4) is 0 Å². The molecular weight excluding hydrogens is 354 g/mol. The number of Topliss-reactive ketones (excluding diaryl/α,β-unsaturated/α-hetero) is 1. The fourth-order valence-electron chi connectivity index (χ4n) is 2.54. The number of ketones is 1. The summed E-state index contributed by atoms with van der Waals surface area (Å²) >= 11 is 7.37. The zero-order valence-electron chi connectivity index (χ0n) is 14.2. The monoisotopic (exact) mass is 371 g/mol. The van der Waals surface area contributed by atoms with Gasteiger partial charge in [-0.05, 0) is 32.0 Å². The SMILES string of the molecule is Cc1cccc(-c2nnc(SC(C)C(=O)c3cccc(Cl)c3)n2C)c1. The van der Waals surface area contributed by atoms with E-state index in [4.69, 9.17) is 11.6 Å². The topological polar surface area (TPSA) is 47.8 Å². The molecule has 1 aromatic heterocycles. The Morgan fingerprint density at radius 2 is 1.92 bits per heavy atom. The van der Waals surface area contributed by atoms with Crippen molar-refractivity contribution in [3.05, 3.63) is 64.7 Å². The van der Waals surface area contributed by atoms with E-state index in [2.05, 4.69) is 16.3 Å². The van der Waals surface area contributed by atoms with E-state index in [1.807, 2.05) is 43.7 Å². The molecule has 0 saturated heterocycles. The molecule has 0 bridgehead atoms. The highest BCUT2D eigenvalue weighted by Gasteiger charge is 2.20. The van der Waals surface area contributed by atoms with Gasteiger partial charge in [-0.1, -0.05) is 59.3 Å². The first kappa shape index (κ1) is 17.7. The molecule has 3 aromatic rings. The molecule has 0 aliphatic rings. The number of hydrogen-bond donors (Lipinski definition) is 0. The van der Waals surface area contributed by atoms with Gasteiger partial charge in [0.05, 0.1) is 5.25 Å². The van der Waals surface area contributed by atoms with Crippen molar-refractivity contribution < 1.29 is 4.79 Å². The highest BCUT2D eigenvalue weighted by atomic mass is 35.5. The predicted molar refractivity (Wildman–Crippen MR) is 102 cm³/mol. The van der Waals surface area contributed by atoms with E-state index in [0.717, 1.165) is 11.4 Å². The quantitative estimate of drug-likeness (QED) is 0.477. The first-order valence-corrected chi connectivity index (χ1v) is 9.14. The van der Waals surface area contributed by atoms with E-state index < -0.39 is 0 Å². The highest BCUT2D eigenvalue weighted by molar-refractivity contribution is 8.00. The fourth-order valence-corrected chi connectivity index (χ4v) is 3.62. The number of rotatable bonds is 5. The zero-order valence-corrected chi connectivity index (χ0v) is 15.8. The number of halogens is 1. The van der Waals surface area contributed by atoms with E-state index in [9.17, 15) is 4.79 Å². The average Bonchev–Trinajstić information content (AvgIpc) is 2.95. The Labute approximate surface area is 156 Å². The number of carbonyl (C=O) groups is 1. The van der Waals surface area contributed by atoms with Crippen molar-refractivity contribution in [3.63, 3.8) is 0 Å². The van der Waals surface area contributed by atoms with Gasteiger partial charge in [0.1, 0.15) is 0 Å². The standard InChI is InChI=1S/C19H18ClN3OS/c1-12-6-4-8-15(10-12)18-21-22-19(23(18)3)25-13(2)17(24)14-7-5-9-16(20)11-14/h4-11,13H,1-3H3. The number of thioether (sulfide) groups is 1. The largest absolute Gasteiger partial charge is 0.305 e. The number of nitrogens with zero attached hydrogens (tertiary/aromatic N) is 3. The molecule has 0 spiro atoms. The van der Waals surface area contributed by atoms with Gasteiger partial charge in [-0.25, -0.2) is 0 Å². The van der Waals surface area contributed by atoms with Crippen LogP contribution in [0.25, 0.3) is 11.4 Å². The summed E-state index contributed by atoms with van der Waals surface area (Å²) in [5, 5.41) is 9.52. The molecule has 0 radical (unpaired) electrons. The van der Waals surface area contributed by atoms with Crippen LogP contribution in [0.4, 0.5) is 0 Å². The van der Waals surface area contributed by atoms with Gasteiger partial charge >= 0.3 is 0 Å². The van der Waals surface area contributed by atoms with E-state index in [-0.39, 0.29) is 11.0 Å². The van der Waals surface area contributed by atoms with Crippen molar-refractivity contribution in [2.75, 3.05) is 0 Å². The molecule has 1 atom stereocenters. The van der Waals surface area contributed by atoms with Crippen LogP contribution in [0.15, 0.2) is 53.7 Å². The lowest BCUT2D eigenvalue weighted by molar-refractivity contribution is 0.0994. The van der Waals surface area contributed by atoms with Crippen LogP contribution >= 0.6 is 23.4 Å². The van der Waals surface area contributed by atoms with Gasteiger partial charge in [0, 0.05) is 23.2 Å². The molecular formula is C19H18ClN3OS. The van der Waals surface area contributed by atoms with Gasteiger partial charge in [0.2, 0.25) is 0 Å². The number of aryl methyl sites for hydroxylation is 1. The molecule has 0 aliphatic carbocycles. The summed E-state index contributed by atoms with van der Waals surface area (Å²) in [5.41, 5.74) is 2.78. The van der Waals surface area contributed by atoms with Crippen molar-refractivity contribution in [2.45, 2.75) is 24.3 Å². The van der Waals surface area contributed by atoms with Crippen LogP contribution in [-0.4, -0.2) is 25.8 Å². The molecule has 0 N–H and O–H groups in total. The Morgan fingerprint density at radius 1 is 1.16 bits per heavy atom. The molecule has 6 heteroatoms. The van der Waals surface area contributed by atoms with E-state index in [1.165, 1.54) is 17.3 Å². The molecule has 2 aromatic carbocycles. The van der Waals surface area contributed by atoms with Crippen molar-refractivity contribution in [1.82, 2.24) is 14.8 Å². The van der Waals surface area contributed by atoms with Gasteiger partial charge in [0.15, 0.2) is 16.8 Å². The van der Waals surface area contributed by atoms with Gasteiger partial charge in [-0.3, -0.25) is 4.79 Å². The number of benzene rings is 2. The Hall–Kier alpha value is -2.11. The third-order valence-corrected chi connectivity index (χ3v) is 5.24. The van der Waals surface area contributed by atoms with Crippen LogP contribution in [0.5, 0.6) is 0 Å². The third-order valence-electron chi connectivity index (χ3n) is 3.87. The Bertz CT molecular complexity index is 923. The molecule has 0 saturated carbocycles. The molecule has 0 aliphatic heterocycles. The number of carbonyl (C=O) groups excluding carboxylic acids is 1. The highest BCUT2D eigenvalue weighted by Crippen LogP contribution is 2.28. The first-order chi connectivity index (χ1) is 12.0. The maximum Gasteiger partial charge on any atom is 0.191 e. The zero-order chi connectivity index (χ0) is 18.0. The lowest BCUT2D eigenvalue weighted by atomic mass is 10.1. The lowest BCUT2D eigenvalue weighted by Crippen LogP contribution is -2.14. The molecule has 0 fully saturated rings.